The van der Waals surface area contributed by atoms with E-state index in [1.165, 1.54) is 0 Å². The summed E-state index contributed by atoms with van der Waals surface area (Å²) < 4.78 is 10.6. The number of para-hydroxylation sites is 2. The van der Waals surface area contributed by atoms with Crippen LogP contribution in [0.1, 0.15) is 5.56 Å². The van der Waals surface area contributed by atoms with E-state index in [1.807, 2.05) is 44.4 Å². The van der Waals surface area contributed by atoms with Crippen LogP contribution in [0.5, 0.6) is 11.5 Å². The predicted molar refractivity (Wildman–Crippen MR) is 87.6 cm³/mol. The molecule has 4 heteroatoms. The molecule has 0 amide bonds. The minimum Gasteiger partial charge on any atom is -0.497 e. The lowest BCUT2D eigenvalue weighted by Crippen LogP contribution is -2.12. The highest BCUT2D eigenvalue weighted by atomic mass is 16.5. The minimum absolute atomic E-state index is 0.707. The quantitative estimate of drug-likeness (QED) is 0.882. The molecule has 0 aromatic heterocycles. The lowest BCUT2D eigenvalue weighted by atomic mass is 10.2. The van der Waals surface area contributed by atoms with Gasteiger partial charge in [-0.2, -0.15) is 0 Å². The Morgan fingerprint density at radius 1 is 0.952 bits per heavy atom. The second-order valence-electron chi connectivity index (χ2n) is 4.99. The molecular weight excluding hydrogens is 264 g/mol. The second-order valence-corrected chi connectivity index (χ2v) is 4.99. The smallest absolute Gasteiger partial charge is 0.122 e. The second kappa shape index (κ2) is 6.88. The number of hydrogen-bond donors (Lipinski definition) is 1. The first-order valence-electron chi connectivity index (χ1n) is 6.86. The Morgan fingerprint density at radius 2 is 1.57 bits per heavy atom. The van der Waals surface area contributed by atoms with Gasteiger partial charge in [-0.3, -0.25) is 0 Å². The maximum Gasteiger partial charge on any atom is 0.122 e. The number of hydrogen-bond acceptors (Lipinski definition) is 4. The van der Waals surface area contributed by atoms with Gasteiger partial charge in [0, 0.05) is 26.7 Å². The minimum atomic E-state index is 0.707. The highest BCUT2D eigenvalue weighted by molar-refractivity contribution is 5.69. The molecule has 0 atom stereocenters. The summed E-state index contributed by atoms with van der Waals surface area (Å²) in [6, 6.07) is 14.1. The van der Waals surface area contributed by atoms with E-state index in [2.05, 4.69) is 22.3 Å². The number of anilines is 2. The third-order valence-corrected chi connectivity index (χ3v) is 3.28. The van der Waals surface area contributed by atoms with Gasteiger partial charge in [-0.1, -0.05) is 12.1 Å². The number of rotatable bonds is 6. The monoisotopic (exact) mass is 286 g/mol. The summed E-state index contributed by atoms with van der Waals surface area (Å²) in [5, 5.41) is 3.46. The van der Waals surface area contributed by atoms with Crippen LogP contribution < -0.4 is 19.7 Å². The van der Waals surface area contributed by atoms with Gasteiger partial charge >= 0.3 is 0 Å². The standard InChI is InChI=1S/C17H22N2O2/c1-19(2)17-8-6-5-7-16(17)18-12-13-9-14(20-3)11-15(10-13)21-4/h5-11,18H,12H2,1-4H3. The van der Waals surface area contributed by atoms with E-state index < -0.39 is 0 Å². The first kappa shape index (κ1) is 15.0. The summed E-state index contributed by atoms with van der Waals surface area (Å²) in [5.41, 5.74) is 3.37. The van der Waals surface area contributed by atoms with Crippen LogP contribution in [0.25, 0.3) is 0 Å². The predicted octanol–water partition coefficient (Wildman–Crippen LogP) is 3.38. The van der Waals surface area contributed by atoms with Crippen molar-refractivity contribution in [2.45, 2.75) is 6.54 Å². The molecule has 0 aliphatic heterocycles. The first-order chi connectivity index (χ1) is 10.1. The Labute approximate surface area is 126 Å². The van der Waals surface area contributed by atoms with Gasteiger partial charge in [-0.05, 0) is 29.8 Å². The molecule has 0 heterocycles. The lowest BCUT2D eigenvalue weighted by Gasteiger charge is -2.18. The third-order valence-electron chi connectivity index (χ3n) is 3.28. The average molecular weight is 286 g/mol. The van der Waals surface area contributed by atoms with Crippen molar-refractivity contribution in [1.82, 2.24) is 0 Å². The van der Waals surface area contributed by atoms with Crippen LogP contribution in [-0.4, -0.2) is 28.3 Å². The fourth-order valence-electron chi connectivity index (χ4n) is 2.18. The lowest BCUT2D eigenvalue weighted by molar-refractivity contribution is 0.393. The van der Waals surface area contributed by atoms with E-state index >= 15 is 0 Å². The fraction of sp³-hybridized carbons (Fsp3) is 0.294. The van der Waals surface area contributed by atoms with Crippen molar-refractivity contribution < 1.29 is 9.47 Å². The van der Waals surface area contributed by atoms with Crippen molar-refractivity contribution in [3.05, 3.63) is 48.0 Å². The summed E-state index contributed by atoms with van der Waals surface area (Å²) in [4.78, 5) is 2.09. The van der Waals surface area contributed by atoms with Crippen molar-refractivity contribution in [2.75, 3.05) is 38.5 Å². The zero-order chi connectivity index (χ0) is 15.2. The van der Waals surface area contributed by atoms with Crippen molar-refractivity contribution in [1.29, 1.82) is 0 Å². The number of methoxy groups -OCH3 is 2. The van der Waals surface area contributed by atoms with E-state index in [-0.39, 0.29) is 0 Å². The number of ether oxygens (including phenoxy) is 2. The van der Waals surface area contributed by atoms with Gasteiger partial charge in [0.2, 0.25) is 0 Å². The van der Waals surface area contributed by atoms with Gasteiger partial charge < -0.3 is 19.7 Å². The van der Waals surface area contributed by atoms with Crippen LogP contribution in [0, 0.1) is 0 Å². The van der Waals surface area contributed by atoms with Crippen LogP contribution in [0.3, 0.4) is 0 Å². The first-order valence-corrected chi connectivity index (χ1v) is 6.86. The van der Waals surface area contributed by atoms with Gasteiger partial charge in [0.25, 0.3) is 0 Å². The van der Waals surface area contributed by atoms with Crippen LogP contribution in [0.15, 0.2) is 42.5 Å². The SMILES string of the molecule is COc1cc(CNc2ccccc2N(C)C)cc(OC)c1. The summed E-state index contributed by atoms with van der Waals surface area (Å²) in [7, 11) is 7.39. The Hall–Kier alpha value is -2.36. The Kier molecular flexibility index (Phi) is 4.93. The topological polar surface area (TPSA) is 33.7 Å². The van der Waals surface area contributed by atoms with Crippen molar-refractivity contribution in [2.24, 2.45) is 0 Å². The molecule has 2 rings (SSSR count). The van der Waals surface area contributed by atoms with Gasteiger partial charge in [-0.15, -0.1) is 0 Å². The molecule has 0 aliphatic carbocycles. The zero-order valence-electron chi connectivity index (χ0n) is 13.0. The van der Waals surface area contributed by atoms with Gasteiger partial charge in [0.1, 0.15) is 11.5 Å². The summed E-state index contributed by atoms with van der Waals surface area (Å²) in [5.74, 6) is 1.60. The molecule has 1 N–H and O–H groups in total. The Morgan fingerprint density at radius 3 is 2.14 bits per heavy atom. The largest absolute Gasteiger partial charge is 0.497 e. The summed E-state index contributed by atoms with van der Waals surface area (Å²) in [6.07, 6.45) is 0. The molecule has 0 saturated carbocycles. The Balaban J connectivity index is 2.16. The van der Waals surface area contributed by atoms with E-state index in [0.717, 1.165) is 28.4 Å². The molecule has 21 heavy (non-hydrogen) atoms. The molecule has 2 aromatic rings. The molecule has 112 valence electrons. The van der Waals surface area contributed by atoms with Crippen molar-refractivity contribution in [3.8, 4) is 11.5 Å². The van der Waals surface area contributed by atoms with E-state index in [4.69, 9.17) is 9.47 Å². The summed E-state index contributed by atoms with van der Waals surface area (Å²) >= 11 is 0. The van der Waals surface area contributed by atoms with E-state index in [1.54, 1.807) is 14.2 Å². The maximum absolute atomic E-state index is 5.30. The number of nitrogens with one attached hydrogen (secondary N) is 1. The van der Waals surface area contributed by atoms with Gasteiger partial charge in [-0.25, -0.2) is 0 Å². The third kappa shape index (κ3) is 3.81. The molecule has 4 nitrogen and oxygen atoms in total. The highest BCUT2D eigenvalue weighted by Crippen LogP contribution is 2.26. The molecule has 0 saturated heterocycles. The molecule has 0 unspecified atom stereocenters. The Bertz CT molecular complexity index is 575. The summed E-state index contributed by atoms with van der Waals surface area (Å²) in [6.45, 7) is 0.707. The van der Waals surface area contributed by atoms with Crippen LogP contribution in [-0.2, 0) is 6.54 Å². The van der Waals surface area contributed by atoms with Gasteiger partial charge in [0.15, 0.2) is 0 Å². The highest BCUT2D eigenvalue weighted by Gasteiger charge is 2.05. The fourth-order valence-corrected chi connectivity index (χ4v) is 2.18. The van der Waals surface area contributed by atoms with Crippen molar-refractivity contribution >= 4 is 11.4 Å². The normalized spacial score (nSPS) is 10.1. The molecule has 0 spiro atoms. The number of nitrogens with zero attached hydrogens (tertiary/aromatic N) is 1. The molecule has 2 aromatic carbocycles. The van der Waals surface area contributed by atoms with Crippen LogP contribution in [0.4, 0.5) is 11.4 Å². The maximum atomic E-state index is 5.30. The number of benzene rings is 2. The van der Waals surface area contributed by atoms with E-state index in [0.29, 0.717) is 6.54 Å². The molecule has 0 aliphatic rings. The zero-order valence-corrected chi connectivity index (χ0v) is 13.0. The van der Waals surface area contributed by atoms with Crippen molar-refractivity contribution in [3.63, 3.8) is 0 Å². The van der Waals surface area contributed by atoms with Crippen LogP contribution in [0.2, 0.25) is 0 Å². The average Bonchev–Trinajstić information content (AvgIpc) is 2.52. The van der Waals surface area contributed by atoms with Crippen LogP contribution >= 0.6 is 0 Å². The molecular formula is C17H22N2O2. The van der Waals surface area contributed by atoms with E-state index in [9.17, 15) is 0 Å². The molecule has 0 fully saturated rings. The molecule has 0 radical (unpaired) electrons. The molecule has 0 bridgehead atoms. The van der Waals surface area contributed by atoms with Gasteiger partial charge in [0.05, 0.1) is 25.6 Å².